The largest absolute Gasteiger partial charge is 0.496 e. The lowest BCUT2D eigenvalue weighted by atomic mass is 9.97. The van der Waals surface area contributed by atoms with Gasteiger partial charge in [-0.05, 0) is 23.8 Å². The lowest BCUT2D eigenvalue weighted by Gasteiger charge is -2.50. The standard InChI is InChI=1S/C27H28F6N4O/c1-38-22-12-6-5-11-20(22)21(16-34-15-19-9-3-2-4-10-19)36-17-23(26(28,29)30)37(24(18-36)27(31,32)33)25-13-7-8-14-35-25/h2-14,21,23-24,34H,15-18H2,1H3. The highest BCUT2D eigenvalue weighted by Gasteiger charge is 2.57. The van der Waals surface area contributed by atoms with Crippen molar-refractivity contribution in [1.29, 1.82) is 0 Å². The molecule has 0 spiro atoms. The number of methoxy groups -OCH3 is 1. The Morgan fingerprint density at radius 1 is 0.868 bits per heavy atom. The molecule has 38 heavy (non-hydrogen) atoms. The molecule has 3 aromatic rings. The molecule has 2 heterocycles. The van der Waals surface area contributed by atoms with E-state index in [-0.39, 0.29) is 12.4 Å². The van der Waals surface area contributed by atoms with Crippen molar-refractivity contribution < 1.29 is 31.1 Å². The maximum atomic E-state index is 14.4. The molecule has 1 aliphatic heterocycles. The van der Waals surface area contributed by atoms with Crippen molar-refractivity contribution in [1.82, 2.24) is 15.2 Å². The normalized spacial score (nSPS) is 19.8. The molecule has 5 nitrogen and oxygen atoms in total. The zero-order valence-electron chi connectivity index (χ0n) is 20.6. The SMILES string of the molecule is COc1ccccc1C(CNCc1ccccc1)N1CC(C(F)(F)F)N(c2ccccn2)C(C(F)(F)F)C1. The number of benzene rings is 2. The number of nitrogens with one attached hydrogen (secondary N) is 1. The van der Waals surface area contributed by atoms with Crippen LogP contribution >= 0.6 is 0 Å². The van der Waals surface area contributed by atoms with Gasteiger partial charge in [0.2, 0.25) is 0 Å². The molecule has 0 radical (unpaired) electrons. The molecule has 1 aliphatic rings. The van der Waals surface area contributed by atoms with E-state index >= 15 is 0 Å². The third-order valence-electron chi connectivity index (χ3n) is 6.60. The highest BCUT2D eigenvalue weighted by Crippen LogP contribution is 2.41. The van der Waals surface area contributed by atoms with Gasteiger partial charge in [0.25, 0.3) is 0 Å². The number of ether oxygens (including phenoxy) is 1. The number of rotatable bonds is 8. The Kier molecular flexibility index (Phi) is 8.47. The second-order valence-electron chi connectivity index (χ2n) is 9.04. The third kappa shape index (κ3) is 6.39. The van der Waals surface area contributed by atoms with Gasteiger partial charge >= 0.3 is 12.4 Å². The van der Waals surface area contributed by atoms with E-state index in [0.717, 1.165) is 5.56 Å². The lowest BCUT2D eigenvalue weighted by Crippen LogP contribution is -2.68. The van der Waals surface area contributed by atoms with Crippen molar-refractivity contribution in [2.45, 2.75) is 37.0 Å². The van der Waals surface area contributed by atoms with Gasteiger partial charge < -0.3 is 15.0 Å². The molecule has 0 aliphatic carbocycles. The van der Waals surface area contributed by atoms with E-state index in [1.54, 1.807) is 24.3 Å². The summed E-state index contributed by atoms with van der Waals surface area (Å²) < 4.78 is 91.8. The molecule has 0 saturated carbocycles. The van der Waals surface area contributed by atoms with E-state index in [0.29, 0.717) is 22.8 Å². The van der Waals surface area contributed by atoms with Crippen LogP contribution in [0.25, 0.3) is 0 Å². The highest BCUT2D eigenvalue weighted by molar-refractivity contribution is 5.44. The Morgan fingerprint density at radius 3 is 2.05 bits per heavy atom. The summed E-state index contributed by atoms with van der Waals surface area (Å²) in [5.41, 5.74) is 1.44. The predicted molar refractivity (Wildman–Crippen MR) is 132 cm³/mol. The number of anilines is 1. The molecule has 1 N–H and O–H groups in total. The summed E-state index contributed by atoms with van der Waals surface area (Å²) in [6.07, 6.45) is -8.70. The second-order valence-corrected chi connectivity index (χ2v) is 9.04. The summed E-state index contributed by atoms with van der Waals surface area (Å²) in [6.45, 7) is -0.857. The maximum absolute atomic E-state index is 14.4. The Balaban J connectivity index is 1.72. The zero-order chi connectivity index (χ0) is 27.3. The van der Waals surface area contributed by atoms with Crippen molar-refractivity contribution in [3.05, 3.63) is 90.1 Å². The zero-order valence-corrected chi connectivity index (χ0v) is 20.6. The van der Waals surface area contributed by atoms with Crippen LogP contribution in [0.1, 0.15) is 17.2 Å². The second kappa shape index (κ2) is 11.6. The fourth-order valence-corrected chi connectivity index (χ4v) is 4.84. The van der Waals surface area contributed by atoms with Crippen molar-refractivity contribution in [2.24, 2.45) is 0 Å². The summed E-state index contributed by atoms with van der Waals surface area (Å²) in [7, 11) is 1.42. The molecular weight excluding hydrogens is 510 g/mol. The average Bonchev–Trinajstić information content (AvgIpc) is 2.90. The summed E-state index contributed by atoms with van der Waals surface area (Å²) in [4.78, 5) is 5.47. The Morgan fingerprint density at radius 2 is 1.47 bits per heavy atom. The molecule has 1 aromatic heterocycles. The van der Waals surface area contributed by atoms with Gasteiger partial charge in [0, 0.05) is 37.9 Å². The average molecular weight is 539 g/mol. The minimum Gasteiger partial charge on any atom is -0.496 e. The van der Waals surface area contributed by atoms with Gasteiger partial charge in [0.1, 0.15) is 23.7 Å². The molecule has 1 saturated heterocycles. The van der Waals surface area contributed by atoms with Crippen LogP contribution in [0.4, 0.5) is 32.2 Å². The first-order chi connectivity index (χ1) is 18.1. The summed E-state index contributed by atoms with van der Waals surface area (Å²) in [5.74, 6) is 0.0196. The van der Waals surface area contributed by atoms with Crippen LogP contribution in [0, 0.1) is 0 Å². The van der Waals surface area contributed by atoms with E-state index in [1.165, 1.54) is 36.4 Å². The number of piperazine rings is 1. The fourth-order valence-electron chi connectivity index (χ4n) is 4.84. The molecular formula is C27H28F6N4O. The molecule has 1 fully saturated rings. The molecule has 3 atom stereocenters. The molecule has 0 bridgehead atoms. The van der Waals surface area contributed by atoms with Crippen LogP contribution in [0.3, 0.4) is 0 Å². The number of hydrogen-bond acceptors (Lipinski definition) is 5. The maximum Gasteiger partial charge on any atom is 0.410 e. The number of nitrogens with zero attached hydrogens (tertiary/aromatic N) is 3. The van der Waals surface area contributed by atoms with Gasteiger partial charge in [0.15, 0.2) is 0 Å². The van der Waals surface area contributed by atoms with Gasteiger partial charge in [-0.15, -0.1) is 0 Å². The molecule has 3 unspecified atom stereocenters. The van der Waals surface area contributed by atoms with Crippen LogP contribution in [-0.2, 0) is 6.54 Å². The molecule has 0 amide bonds. The minimum atomic E-state index is -4.94. The monoisotopic (exact) mass is 538 g/mol. The van der Waals surface area contributed by atoms with Gasteiger partial charge in [-0.1, -0.05) is 54.6 Å². The van der Waals surface area contributed by atoms with Gasteiger partial charge in [-0.2, -0.15) is 26.3 Å². The number of aromatic nitrogens is 1. The van der Waals surface area contributed by atoms with Gasteiger partial charge in [-0.3, -0.25) is 4.90 Å². The van der Waals surface area contributed by atoms with E-state index < -0.39 is 43.6 Å². The molecule has 2 aromatic carbocycles. The summed E-state index contributed by atoms with van der Waals surface area (Å²) in [6, 6.07) is 14.4. The van der Waals surface area contributed by atoms with Crippen LogP contribution in [0.5, 0.6) is 5.75 Å². The fraction of sp³-hybridized carbons (Fsp3) is 0.370. The predicted octanol–water partition coefficient (Wildman–Crippen LogP) is 5.61. The molecule has 4 rings (SSSR count). The Hall–Kier alpha value is -3.31. The lowest BCUT2D eigenvalue weighted by molar-refractivity contribution is -0.194. The van der Waals surface area contributed by atoms with Crippen molar-refractivity contribution >= 4 is 5.82 Å². The Labute approximate surface area is 217 Å². The van der Waals surface area contributed by atoms with Gasteiger partial charge in [-0.25, -0.2) is 4.98 Å². The molecule has 204 valence electrons. The minimum absolute atomic E-state index is 0.105. The van der Waals surface area contributed by atoms with E-state index in [4.69, 9.17) is 4.74 Å². The first kappa shape index (κ1) is 27.7. The first-order valence-corrected chi connectivity index (χ1v) is 12.0. The quantitative estimate of drug-likeness (QED) is 0.378. The summed E-state index contributed by atoms with van der Waals surface area (Å²) >= 11 is 0. The first-order valence-electron chi connectivity index (χ1n) is 12.0. The number of para-hydroxylation sites is 1. The third-order valence-corrected chi connectivity index (χ3v) is 6.60. The Bertz CT molecular complexity index is 1140. The van der Waals surface area contributed by atoms with Crippen molar-refractivity contribution in [3.63, 3.8) is 0 Å². The van der Waals surface area contributed by atoms with E-state index in [9.17, 15) is 26.3 Å². The topological polar surface area (TPSA) is 40.6 Å². The summed E-state index contributed by atoms with van der Waals surface area (Å²) in [5, 5.41) is 3.21. The van der Waals surface area contributed by atoms with Crippen LogP contribution in [0.2, 0.25) is 0 Å². The van der Waals surface area contributed by atoms with Crippen LogP contribution in [0.15, 0.2) is 79.0 Å². The van der Waals surface area contributed by atoms with Crippen molar-refractivity contribution in [2.75, 3.05) is 31.6 Å². The molecule has 11 heteroatoms. The van der Waals surface area contributed by atoms with Crippen molar-refractivity contribution in [3.8, 4) is 5.75 Å². The number of hydrogen-bond donors (Lipinski definition) is 1. The van der Waals surface area contributed by atoms with Crippen LogP contribution in [-0.4, -0.2) is 61.1 Å². The van der Waals surface area contributed by atoms with Gasteiger partial charge in [0.05, 0.1) is 13.2 Å². The van der Waals surface area contributed by atoms with E-state index in [1.807, 2.05) is 30.3 Å². The number of halogens is 6. The van der Waals surface area contributed by atoms with Crippen LogP contribution < -0.4 is 15.0 Å². The number of pyridine rings is 1. The highest BCUT2D eigenvalue weighted by atomic mass is 19.4. The number of alkyl halides is 6. The van der Waals surface area contributed by atoms with E-state index in [2.05, 4.69) is 10.3 Å². The smallest absolute Gasteiger partial charge is 0.410 e.